The molecule has 26 heavy (non-hydrogen) atoms. The lowest BCUT2D eigenvalue weighted by molar-refractivity contribution is -0.274. The number of hydrogen-bond donors (Lipinski definition) is 1. The summed E-state index contributed by atoms with van der Waals surface area (Å²) in [7, 11) is 0. The SMILES string of the molecule is CC.OCCCN1CCc2ccc(-c3ccc(OC(F)(F)F)cc3)cc21. The zero-order chi connectivity index (χ0) is 19.2. The van der Waals surface area contributed by atoms with Gasteiger partial charge in [0, 0.05) is 25.4 Å². The van der Waals surface area contributed by atoms with Gasteiger partial charge in [-0.25, -0.2) is 0 Å². The summed E-state index contributed by atoms with van der Waals surface area (Å²) in [6.45, 7) is 5.88. The number of anilines is 1. The molecule has 3 nitrogen and oxygen atoms in total. The Balaban J connectivity index is 0.00000117. The highest BCUT2D eigenvalue weighted by Crippen LogP contribution is 2.34. The number of rotatable bonds is 5. The molecule has 0 amide bonds. The fraction of sp³-hybridized carbons (Fsp3) is 0.400. The molecule has 0 bridgehead atoms. The van der Waals surface area contributed by atoms with Gasteiger partial charge in [-0.1, -0.05) is 38.1 Å². The molecule has 0 radical (unpaired) electrons. The van der Waals surface area contributed by atoms with E-state index < -0.39 is 6.36 Å². The maximum absolute atomic E-state index is 12.2. The van der Waals surface area contributed by atoms with E-state index in [-0.39, 0.29) is 12.4 Å². The number of aliphatic hydroxyl groups excluding tert-OH is 1. The lowest BCUT2D eigenvalue weighted by Gasteiger charge is -2.19. The van der Waals surface area contributed by atoms with Crippen molar-refractivity contribution in [3.8, 4) is 16.9 Å². The Morgan fingerprint density at radius 1 is 1.04 bits per heavy atom. The first-order valence-corrected chi connectivity index (χ1v) is 8.81. The first-order chi connectivity index (χ1) is 12.5. The largest absolute Gasteiger partial charge is 0.573 e. The Labute approximate surface area is 152 Å². The van der Waals surface area contributed by atoms with Gasteiger partial charge in [0.15, 0.2) is 0 Å². The van der Waals surface area contributed by atoms with E-state index in [4.69, 9.17) is 5.11 Å². The van der Waals surface area contributed by atoms with Crippen LogP contribution in [0.5, 0.6) is 5.75 Å². The molecule has 0 unspecified atom stereocenters. The van der Waals surface area contributed by atoms with E-state index in [0.29, 0.717) is 6.42 Å². The highest BCUT2D eigenvalue weighted by atomic mass is 19.4. The van der Waals surface area contributed by atoms with Crippen LogP contribution in [-0.4, -0.2) is 31.2 Å². The van der Waals surface area contributed by atoms with E-state index in [1.165, 1.54) is 17.7 Å². The number of alkyl halides is 3. The molecule has 0 atom stereocenters. The molecular formula is C20H24F3NO2. The van der Waals surface area contributed by atoms with Crippen LogP contribution in [0.1, 0.15) is 25.8 Å². The van der Waals surface area contributed by atoms with E-state index in [0.717, 1.165) is 36.3 Å². The van der Waals surface area contributed by atoms with Gasteiger partial charge in [-0.05, 0) is 47.7 Å². The first kappa shape index (κ1) is 20.1. The number of hydrogen-bond acceptors (Lipinski definition) is 3. The van der Waals surface area contributed by atoms with Crippen LogP contribution in [0.25, 0.3) is 11.1 Å². The fourth-order valence-corrected chi connectivity index (χ4v) is 2.97. The average molecular weight is 367 g/mol. The second-order valence-electron chi connectivity index (χ2n) is 5.73. The molecular weight excluding hydrogens is 343 g/mol. The van der Waals surface area contributed by atoms with Gasteiger partial charge in [-0.15, -0.1) is 13.2 Å². The Hall–Kier alpha value is -2.21. The summed E-state index contributed by atoms with van der Waals surface area (Å²) in [6, 6.07) is 12.0. The van der Waals surface area contributed by atoms with Gasteiger partial charge < -0.3 is 14.7 Å². The van der Waals surface area contributed by atoms with Crippen LogP contribution in [0.4, 0.5) is 18.9 Å². The van der Waals surface area contributed by atoms with Gasteiger partial charge in [-0.2, -0.15) is 0 Å². The average Bonchev–Trinajstić information content (AvgIpc) is 3.03. The van der Waals surface area contributed by atoms with E-state index in [1.54, 1.807) is 12.1 Å². The lowest BCUT2D eigenvalue weighted by Crippen LogP contribution is -2.22. The van der Waals surface area contributed by atoms with Crippen molar-refractivity contribution in [2.24, 2.45) is 0 Å². The van der Waals surface area contributed by atoms with E-state index in [1.807, 2.05) is 19.9 Å². The number of halogens is 3. The topological polar surface area (TPSA) is 32.7 Å². The number of nitrogens with zero attached hydrogens (tertiary/aromatic N) is 1. The molecule has 0 aromatic heterocycles. The van der Waals surface area contributed by atoms with E-state index >= 15 is 0 Å². The van der Waals surface area contributed by atoms with Crippen molar-refractivity contribution in [2.45, 2.75) is 33.1 Å². The Morgan fingerprint density at radius 3 is 2.31 bits per heavy atom. The molecule has 6 heteroatoms. The summed E-state index contributed by atoms with van der Waals surface area (Å²) in [5.41, 5.74) is 4.18. The second kappa shape index (κ2) is 8.94. The van der Waals surface area contributed by atoms with Gasteiger partial charge >= 0.3 is 6.36 Å². The number of benzene rings is 2. The minimum absolute atomic E-state index is 0.159. The molecule has 3 rings (SSSR count). The number of aliphatic hydroxyl groups is 1. The first-order valence-electron chi connectivity index (χ1n) is 8.81. The zero-order valence-electron chi connectivity index (χ0n) is 15.0. The third-order valence-corrected chi connectivity index (χ3v) is 4.08. The van der Waals surface area contributed by atoms with Crippen LogP contribution >= 0.6 is 0 Å². The van der Waals surface area contributed by atoms with Gasteiger partial charge in [0.1, 0.15) is 5.75 Å². The Kier molecular flexibility index (Phi) is 6.91. The molecule has 2 aromatic carbocycles. The number of fused-ring (bicyclic) bond motifs is 1. The van der Waals surface area contributed by atoms with Crippen molar-refractivity contribution >= 4 is 5.69 Å². The van der Waals surface area contributed by atoms with Crippen molar-refractivity contribution < 1.29 is 23.0 Å². The Morgan fingerprint density at radius 2 is 1.69 bits per heavy atom. The third-order valence-electron chi connectivity index (χ3n) is 4.08. The lowest BCUT2D eigenvalue weighted by atomic mass is 10.0. The molecule has 1 N–H and O–H groups in total. The van der Waals surface area contributed by atoms with Crippen LogP contribution in [0.3, 0.4) is 0 Å². The molecule has 1 heterocycles. The van der Waals surface area contributed by atoms with Crippen LogP contribution in [-0.2, 0) is 6.42 Å². The van der Waals surface area contributed by atoms with Crippen molar-refractivity contribution in [2.75, 3.05) is 24.6 Å². The zero-order valence-corrected chi connectivity index (χ0v) is 15.0. The summed E-state index contributed by atoms with van der Waals surface area (Å²) in [6.07, 6.45) is -2.99. The minimum atomic E-state index is -4.68. The molecule has 1 aliphatic heterocycles. The monoisotopic (exact) mass is 367 g/mol. The normalized spacial score (nSPS) is 13.1. The fourth-order valence-electron chi connectivity index (χ4n) is 2.97. The van der Waals surface area contributed by atoms with Crippen molar-refractivity contribution in [3.63, 3.8) is 0 Å². The highest BCUT2D eigenvalue weighted by molar-refractivity contribution is 5.72. The van der Waals surface area contributed by atoms with Crippen LogP contribution in [0.15, 0.2) is 42.5 Å². The third kappa shape index (κ3) is 5.14. The van der Waals surface area contributed by atoms with Gasteiger partial charge in [0.25, 0.3) is 0 Å². The number of ether oxygens (including phenoxy) is 1. The molecule has 0 fully saturated rings. The predicted molar refractivity (Wildman–Crippen MR) is 97.5 cm³/mol. The quantitative estimate of drug-likeness (QED) is 0.805. The summed E-state index contributed by atoms with van der Waals surface area (Å²) in [5, 5.41) is 9.00. The smallest absolute Gasteiger partial charge is 0.406 e. The van der Waals surface area contributed by atoms with Crippen molar-refractivity contribution in [3.05, 3.63) is 48.0 Å². The maximum Gasteiger partial charge on any atom is 0.573 e. The van der Waals surface area contributed by atoms with Gasteiger partial charge in [0.2, 0.25) is 0 Å². The molecule has 0 saturated carbocycles. The van der Waals surface area contributed by atoms with E-state index in [2.05, 4.69) is 21.8 Å². The highest BCUT2D eigenvalue weighted by Gasteiger charge is 2.31. The standard InChI is InChI=1S/C18H18F3NO2.C2H6/c19-18(20,21)24-16-6-4-13(5-7-16)15-3-2-14-8-10-22(9-1-11-23)17(14)12-15;1-2/h2-7,12,23H,1,8-11H2;1-2H3. The van der Waals surface area contributed by atoms with Crippen LogP contribution < -0.4 is 9.64 Å². The molecule has 0 saturated heterocycles. The molecule has 2 aromatic rings. The molecule has 142 valence electrons. The summed E-state index contributed by atoms with van der Waals surface area (Å²) >= 11 is 0. The van der Waals surface area contributed by atoms with Gasteiger partial charge in [0.05, 0.1) is 0 Å². The van der Waals surface area contributed by atoms with Crippen molar-refractivity contribution in [1.29, 1.82) is 0 Å². The van der Waals surface area contributed by atoms with Crippen LogP contribution in [0.2, 0.25) is 0 Å². The Bertz CT molecular complexity index is 699. The molecule has 0 spiro atoms. The predicted octanol–water partition coefficient (Wildman–Crippen LogP) is 5.02. The van der Waals surface area contributed by atoms with Crippen LogP contribution in [0, 0.1) is 0 Å². The molecule has 1 aliphatic rings. The summed E-state index contributed by atoms with van der Waals surface area (Å²) in [4.78, 5) is 2.23. The summed E-state index contributed by atoms with van der Waals surface area (Å²) < 4.78 is 40.5. The summed E-state index contributed by atoms with van der Waals surface area (Å²) in [5.74, 6) is -0.225. The maximum atomic E-state index is 12.2. The molecule has 0 aliphatic carbocycles. The minimum Gasteiger partial charge on any atom is -0.406 e. The van der Waals surface area contributed by atoms with E-state index in [9.17, 15) is 13.2 Å². The van der Waals surface area contributed by atoms with Crippen molar-refractivity contribution in [1.82, 2.24) is 0 Å². The van der Waals surface area contributed by atoms with Gasteiger partial charge in [-0.3, -0.25) is 0 Å². The second-order valence-corrected chi connectivity index (χ2v) is 5.73.